The molecule has 18 heavy (non-hydrogen) atoms. The molecular formula is C13H21BrN2O2. The van der Waals surface area contributed by atoms with Crippen molar-refractivity contribution in [2.24, 2.45) is 0 Å². The zero-order valence-corrected chi connectivity index (χ0v) is 12.7. The Morgan fingerprint density at radius 3 is 2.67 bits per heavy atom. The van der Waals surface area contributed by atoms with Gasteiger partial charge in [0.2, 0.25) is 0 Å². The van der Waals surface area contributed by atoms with E-state index in [0.717, 1.165) is 10.0 Å². The number of hydrogen-bond donors (Lipinski definition) is 3. The Hall–Kier alpha value is -0.620. The number of aliphatic hydroxyl groups is 1. The SMILES string of the molecule is CN(C)CC(C)(O)CNCc1cc(Br)ccc1O. The van der Waals surface area contributed by atoms with Gasteiger partial charge < -0.3 is 20.4 Å². The minimum Gasteiger partial charge on any atom is -0.508 e. The van der Waals surface area contributed by atoms with E-state index in [1.54, 1.807) is 19.1 Å². The molecule has 0 aliphatic carbocycles. The molecule has 3 N–H and O–H groups in total. The van der Waals surface area contributed by atoms with Crippen molar-refractivity contribution in [3.05, 3.63) is 28.2 Å². The first-order chi connectivity index (χ1) is 8.30. The first kappa shape index (κ1) is 15.4. The third-order valence-electron chi connectivity index (χ3n) is 2.52. The molecule has 4 nitrogen and oxygen atoms in total. The molecular weight excluding hydrogens is 296 g/mol. The number of nitrogens with zero attached hydrogens (tertiary/aromatic N) is 1. The molecule has 0 aromatic heterocycles. The first-order valence-electron chi connectivity index (χ1n) is 5.85. The van der Waals surface area contributed by atoms with Crippen molar-refractivity contribution in [2.75, 3.05) is 27.2 Å². The van der Waals surface area contributed by atoms with E-state index in [9.17, 15) is 10.2 Å². The summed E-state index contributed by atoms with van der Waals surface area (Å²) in [5.74, 6) is 0.262. The summed E-state index contributed by atoms with van der Waals surface area (Å²) < 4.78 is 0.928. The predicted molar refractivity (Wildman–Crippen MR) is 76.7 cm³/mol. The Labute approximate surface area is 117 Å². The van der Waals surface area contributed by atoms with Gasteiger partial charge in [0.1, 0.15) is 5.75 Å². The monoisotopic (exact) mass is 316 g/mol. The molecule has 1 atom stereocenters. The third-order valence-corrected chi connectivity index (χ3v) is 3.01. The molecule has 1 aromatic carbocycles. The van der Waals surface area contributed by atoms with Crippen LogP contribution in [0.5, 0.6) is 5.75 Å². The molecule has 0 heterocycles. The Morgan fingerprint density at radius 1 is 1.39 bits per heavy atom. The van der Waals surface area contributed by atoms with Gasteiger partial charge in [-0.2, -0.15) is 0 Å². The maximum Gasteiger partial charge on any atom is 0.120 e. The van der Waals surface area contributed by atoms with Gasteiger partial charge in [-0.05, 0) is 39.2 Å². The van der Waals surface area contributed by atoms with Crippen molar-refractivity contribution in [1.29, 1.82) is 0 Å². The standard InChI is InChI=1S/C13H21BrN2O2/c1-13(18,9-16(2)3)8-15-7-10-6-11(14)4-5-12(10)17/h4-6,15,17-18H,7-9H2,1-3H3. The summed E-state index contributed by atoms with van der Waals surface area (Å²) in [7, 11) is 3.85. The number of phenols is 1. The van der Waals surface area contributed by atoms with Crippen LogP contribution in [0.1, 0.15) is 12.5 Å². The largest absolute Gasteiger partial charge is 0.508 e. The summed E-state index contributed by atoms with van der Waals surface area (Å²) in [4.78, 5) is 1.94. The van der Waals surface area contributed by atoms with Gasteiger partial charge in [0.25, 0.3) is 0 Å². The van der Waals surface area contributed by atoms with Crippen molar-refractivity contribution in [1.82, 2.24) is 10.2 Å². The molecule has 0 saturated heterocycles. The van der Waals surface area contributed by atoms with Crippen LogP contribution in [0.25, 0.3) is 0 Å². The van der Waals surface area contributed by atoms with E-state index in [1.807, 2.05) is 25.1 Å². The zero-order valence-electron chi connectivity index (χ0n) is 11.1. The normalized spacial score (nSPS) is 14.8. The van der Waals surface area contributed by atoms with Crippen LogP contribution in [0.15, 0.2) is 22.7 Å². The number of aromatic hydroxyl groups is 1. The molecule has 5 heteroatoms. The van der Waals surface area contributed by atoms with Gasteiger partial charge in [0.15, 0.2) is 0 Å². The fraction of sp³-hybridized carbons (Fsp3) is 0.538. The number of likely N-dealkylation sites (N-methyl/N-ethyl adjacent to an activating group) is 1. The molecule has 0 aliphatic heterocycles. The number of rotatable bonds is 6. The summed E-state index contributed by atoms with van der Waals surface area (Å²) >= 11 is 3.37. The van der Waals surface area contributed by atoms with Crippen molar-refractivity contribution in [2.45, 2.75) is 19.1 Å². The quantitative estimate of drug-likeness (QED) is 0.745. The lowest BCUT2D eigenvalue weighted by Gasteiger charge is -2.27. The van der Waals surface area contributed by atoms with Crippen LogP contribution >= 0.6 is 15.9 Å². The smallest absolute Gasteiger partial charge is 0.120 e. The lowest BCUT2D eigenvalue weighted by Crippen LogP contribution is -2.45. The third kappa shape index (κ3) is 5.35. The fourth-order valence-corrected chi connectivity index (χ4v) is 2.31. The van der Waals surface area contributed by atoms with Crippen LogP contribution in [0.3, 0.4) is 0 Å². The molecule has 0 saturated carbocycles. The molecule has 102 valence electrons. The van der Waals surface area contributed by atoms with E-state index in [0.29, 0.717) is 19.6 Å². The summed E-state index contributed by atoms with van der Waals surface area (Å²) in [6, 6.07) is 5.31. The van der Waals surface area contributed by atoms with E-state index < -0.39 is 5.60 Å². The van der Waals surface area contributed by atoms with Gasteiger partial charge in [-0.25, -0.2) is 0 Å². The van der Waals surface area contributed by atoms with Gasteiger partial charge in [-0.1, -0.05) is 15.9 Å². The minimum atomic E-state index is -0.787. The number of nitrogens with one attached hydrogen (secondary N) is 1. The molecule has 0 amide bonds. The second-order valence-electron chi connectivity index (χ2n) is 5.11. The Morgan fingerprint density at radius 2 is 2.06 bits per heavy atom. The highest BCUT2D eigenvalue weighted by molar-refractivity contribution is 9.10. The Bertz CT molecular complexity index is 395. The molecule has 1 unspecified atom stereocenters. The molecule has 0 bridgehead atoms. The lowest BCUT2D eigenvalue weighted by molar-refractivity contribution is 0.0335. The first-order valence-corrected chi connectivity index (χ1v) is 6.65. The van der Waals surface area contributed by atoms with Crippen molar-refractivity contribution in [3.8, 4) is 5.75 Å². The highest BCUT2D eigenvalue weighted by Crippen LogP contribution is 2.21. The Kier molecular flexibility index (Phi) is 5.59. The lowest BCUT2D eigenvalue weighted by atomic mass is 10.1. The maximum absolute atomic E-state index is 10.1. The molecule has 0 spiro atoms. The topological polar surface area (TPSA) is 55.7 Å². The van der Waals surface area contributed by atoms with E-state index >= 15 is 0 Å². The summed E-state index contributed by atoms with van der Waals surface area (Å²) in [6.07, 6.45) is 0. The fourth-order valence-electron chi connectivity index (χ4n) is 1.90. The average Bonchev–Trinajstić information content (AvgIpc) is 2.21. The number of phenolic OH excluding ortho intramolecular Hbond substituents is 1. The second kappa shape index (κ2) is 6.52. The molecule has 1 rings (SSSR count). The number of hydrogen-bond acceptors (Lipinski definition) is 4. The van der Waals surface area contributed by atoms with Gasteiger partial charge in [0, 0.05) is 29.7 Å². The van der Waals surface area contributed by atoms with E-state index in [2.05, 4.69) is 21.2 Å². The summed E-state index contributed by atoms with van der Waals surface area (Å²) in [6.45, 7) is 3.37. The summed E-state index contributed by atoms with van der Waals surface area (Å²) in [5.41, 5.74) is 0.0236. The van der Waals surface area contributed by atoms with Crippen LogP contribution in [-0.2, 0) is 6.54 Å². The van der Waals surface area contributed by atoms with E-state index in [4.69, 9.17) is 0 Å². The molecule has 0 aliphatic rings. The van der Waals surface area contributed by atoms with Crippen LogP contribution in [0.4, 0.5) is 0 Å². The molecule has 0 fully saturated rings. The zero-order chi connectivity index (χ0) is 13.8. The van der Waals surface area contributed by atoms with Crippen LogP contribution in [0, 0.1) is 0 Å². The predicted octanol–water partition coefficient (Wildman–Crippen LogP) is 1.56. The van der Waals surface area contributed by atoms with Crippen LogP contribution < -0.4 is 5.32 Å². The number of benzene rings is 1. The maximum atomic E-state index is 10.1. The summed E-state index contributed by atoms with van der Waals surface area (Å²) in [5, 5.41) is 22.9. The number of halogens is 1. The Balaban J connectivity index is 2.48. The van der Waals surface area contributed by atoms with Crippen LogP contribution in [-0.4, -0.2) is 47.9 Å². The highest BCUT2D eigenvalue weighted by Gasteiger charge is 2.20. The van der Waals surface area contributed by atoms with Gasteiger partial charge >= 0.3 is 0 Å². The van der Waals surface area contributed by atoms with Gasteiger partial charge in [-0.3, -0.25) is 0 Å². The minimum absolute atomic E-state index is 0.262. The second-order valence-corrected chi connectivity index (χ2v) is 6.03. The van der Waals surface area contributed by atoms with Gasteiger partial charge in [0.05, 0.1) is 5.60 Å². The van der Waals surface area contributed by atoms with Crippen molar-refractivity contribution >= 4 is 15.9 Å². The van der Waals surface area contributed by atoms with E-state index in [-0.39, 0.29) is 5.75 Å². The highest BCUT2D eigenvalue weighted by atomic mass is 79.9. The van der Waals surface area contributed by atoms with Crippen molar-refractivity contribution in [3.63, 3.8) is 0 Å². The molecule has 0 radical (unpaired) electrons. The molecule has 1 aromatic rings. The average molecular weight is 317 g/mol. The van der Waals surface area contributed by atoms with Crippen molar-refractivity contribution < 1.29 is 10.2 Å². The van der Waals surface area contributed by atoms with E-state index in [1.165, 1.54) is 0 Å². The van der Waals surface area contributed by atoms with Crippen LogP contribution in [0.2, 0.25) is 0 Å². The van der Waals surface area contributed by atoms with Gasteiger partial charge in [-0.15, -0.1) is 0 Å².